The van der Waals surface area contributed by atoms with Crippen LogP contribution in [0.3, 0.4) is 0 Å². The van der Waals surface area contributed by atoms with E-state index in [0.29, 0.717) is 6.61 Å². The van der Waals surface area contributed by atoms with Gasteiger partial charge < -0.3 is 18.4 Å². The molecule has 2 atom stereocenters. The van der Waals surface area contributed by atoms with Crippen LogP contribution in [0, 0.1) is 0 Å². The molecule has 2 aliphatic heterocycles. The molecule has 0 radical (unpaired) electrons. The number of rotatable bonds is 6. The molecule has 6 nitrogen and oxygen atoms in total. The van der Waals surface area contributed by atoms with Crippen LogP contribution in [0.1, 0.15) is 30.4 Å². The molecule has 0 aromatic heterocycles. The predicted molar refractivity (Wildman–Crippen MR) is 116 cm³/mol. The van der Waals surface area contributed by atoms with E-state index >= 15 is 0 Å². The molecule has 5 rings (SSSR count). The van der Waals surface area contributed by atoms with E-state index in [4.69, 9.17) is 14.0 Å². The van der Waals surface area contributed by atoms with Crippen molar-refractivity contribution in [1.29, 1.82) is 0 Å². The highest BCUT2D eigenvalue weighted by Gasteiger charge is 2.69. The van der Waals surface area contributed by atoms with Gasteiger partial charge in [-0.25, -0.2) is 0 Å². The molecule has 0 bridgehead atoms. The summed E-state index contributed by atoms with van der Waals surface area (Å²) in [6, 6.07) is 19.8. The zero-order chi connectivity index (χ0) is 21.3. The van der Waals surface area contributed by atoms with Crippen LogP contribution < -0.4 is 0 Å². The van der Waals surface area contributed by atoms with Gasteiger partial charge in [-0.15, -0.1) is 0 Å². The van der Waals surface area contributed by atoms with Gasteiger partial charge in [0.25, 0.3) is 0 Å². The van der Waals surface area contributed by atoms with Crippen LogP contribution in [0.4, 0.5) is 0 Å². The molecule has 160 valence electrons. The van der Waals surface area contributed by atoms with Crippen molar-refractivity contribution in [1.82, 2.24) is 0 Å². The largest absolute Gasteiger partial charge is 0.608 e. The van der Waals surface area contributed by atoms with Crippen LogP contribution in [0.5, 0.6) is 0 Å². The molecule has 2 saturated heterocycles. The molecule has 31 heavy (non-hydrogen) atoms. The van der Waals surface area contributed by atoms with Gasteiger partial charge in [-0.05, 0) is 30.4 Å². The van der Waals surface area contributed by atoms with E-state index in [1.807, 2.05) is 66.7 Å². The molecule has 0 N–H and O–H groups in total. The lowest BCUT2D eigenvalue weighted by atomic mass is 9.65. The number of hydrogen-bond acceptors (Lipinski definition) is 5. The Labute approximate surface area is 182 Å². The van der Waals surface area contributed by atoms with E-state index in [1.54, 1.807) is 5.98 Å². The Morgan fingerprint density at radius 3 is 2.26 bits per heavy atom. The minimum Gasteiger partial charge on any atom is -0.596 e. The maximum Gasteiger partial charge on any atom is 0.608 e. The van der Waals surface area contributed by atoms with Crippen LogP contribution in [-0.2, 0) is 30.2 Å². The maximum absolute atomic E-state index is 12.5. The molecule has 2 heterocycles. The maximum atomic E-state index is 12.5. The van der Waals surface area contributed by atoms with Gasteiger partial charge in [0.1, 0.15) is 19.2 Å². The Kier molecular flexibility index (Phi) is 5.16. The first-order valence-electron chi connectivity index (χ1n) is 10.9. The number of nitrogens with zero attached hydrogens (tertiary/aromatic N) is 1. The Bertz CT molecular complexity index is 974. The molecular weight excluding hydrogens is 393 g/mol. The first kappa shape index (κ1) is 20.0. The first-order chi connectivity index (χ1) is 15.1. The summed E-state index contributed by atoms with van der Waals surface area (Å²) in [5.41, 5.74) is 2.07. The molecule has 1 saturated carbocycles. The van der Waals surface area contributed by atoms with Crippen LogP contribution in [0.15, 0.2) is 66.6 Å². The molecule has 2 aromatic carbocycles. The average Bonchev–Trinajstić information content (AvgIpc) is 3.42. The van der Waals surface area contributed by atoms with Gasteiger partial charge in [0.2, 0.25) is 0 Å². The molecule has 0 unspecified atom stereocenters. The van der Waals surface area contributed by atoms with Crippen LogP contribution in [0.2, 0.25) is 0 Å². The average molecular weight is 419 g/mol. The molecule has 3 aliphatic rings. The number of carbonyl (C=O) groups is 2. The molecule has 7 heteroatoms. The van der Waals surface area contributed by atoms with Crippen molar-refractivity contribution in [2.45, 2.75) is 38.0 Å². The standard InChI is InChI=1S/C24H26BNO5/c27-23-16-26(21-12-7-13-22(21)29-18-20-10-5-2-6-11-20)17-24(28)31-25(26,30-23)15-14-19-8-3-1-4-9-19/h1-6,8-11,14-15,21-22H,7,12-13,16-18H2/b15-14+/t21-,22-,25?,26?/m1/s1. The summed E-state index contributed by atoms with van der Waals surface area (Å²) in [5, 5.41) is 0. The number of ether oxygens (including phenoxy) is 1. The lowest BCUT2D eigenvalue weighted by Crippen LogP contribution is -2.68. The Morgan fingerprint density at radius 1 is 0.935 bits per heavy atom. The lowest BCUT2D eigenvalue weighted by molar-refractivity contribution is -0.844. The zero-order valence-corrected chi connectivity index (χ0v) is 17.4. The van der Waals surface area contributed by atoms with E-state index in [9.17, 15) is 9.59 Å². The van der Waals surface area contributed by atoms with Crippen molar-refractivity contribution < 1.29 is 28.0 Å². The minimum absolute atomic E-state index is 0.0259. The molecule has 1 aliphatic carbocycles. The second kappa shape index (κ2) is 7.98. The SMILES string of the molecule is O=C1C[N+]2([C@@H]3CCC[C@H]3OCc3ccccc3)CC(=O)O[B-]2(/C=C/c2ccccc2)O1. The zero-order valence-electron chi connectivity index (χ0n) is 17.4. The Balaban J connectivity index is 1.45. The van der Waals surface area contributed by atoms with E-state index < -0.39 is 6.69 Å². The van der Waals surface area contributed by atoms with Gasteiger partial charge in [-0.1, -0.05) is 72.7 Å². The van der Waals surface area contributed by atoms with Crippen molar-refractivity contribution in [2.24, 2.45) is 0 Å². The fourth-order valence-electron chi connectivity index (χ4n) is 5.49. The summed E-state index contributed by atoms with van der Waals surface area (Å²) in [6.07, 6.45) is 4.58. The lowest BCUT2D eigenvalue weighted by Gasteiger charge is -2.48. The summed E-state index contributed by atoms with van der Waals surface area (Å²) in [6.45, 7) is -1.48. The van der Waals surface area contributed by atoms with Crippen molar-refractivity contribution in [3.63, 3.8) is 0 Å². The normalized spacial score (nSPS) is 32.3. The first-order valence-corrected chi connectivity index (χ1v) is 10.9. The Hall–Kier alpha value is -2.90. The van der Waals surface area contributed by atoms with E-state index in [2.05, 4.69) is 0 Å². The summed E-state index contributed by atoms with van der Waals surface area (Å²) in [4.78, 5) is 25.1. The number of benzene rings is 2. The van der Waals surface area contributed by atoms with Crippen LogP contribution in [0.25, 0.3) is 6.08 Å². The van der Waals surface area contributed by atoms with Gasteiger partial charge in [0.15, 0.2) is 0 Å². The second-order valence-electron chi connectivity index (χ2n) is 8.73. The molecule has 0 spiro atoms. The molecular formula is C24H26BNO5. The van der Waals surface area contributed by atoms with Gasteiger partial charge in [0.05, 0.1) is 12.6 Å². The summed E-state index contributed by atoms with van der Waals surface area (Å²) >= 11 is 0. The summed E-state index contributed by atoms with van der Waals surface area (Å²) in [5.74, 6) is 1.16. The van der Waals surface area contributed by atoms with Gasteiger partial charge >= 0.3 is 18.6 Å². The number of hydrogen-bond donors (Lipinski definition) is 0. The van der Waals surface area contributed by atoms with Crippen molar-refractivity contribution >= 4 is 24.7 Å². The minimum atomic E-state index is -2.27. The van der Waals surface area contributed by atoms with Crippen molar-refractivity contribution in [3.05, 3.63) is 77.8 Å². The summed E-state index contributed by atoms with van der Waals surface area (Å²) < 4.78 is 18.1. The molecule has 2 aromatic rings. The highest BCUT2D eigenvalue weighted by Crippen LogP contribution is 2.45. The highest BCUT2D eigenvalue weighted by atomic mass is 16.7. The Morgan fingerprint density at radius 2 is 1.58 bits per heavy atom. The van der Waals surface area contributed by atoms with Gasteiger partial charge in [0, 0.05) is 0 Å². The molecule has 0 amide bonds. The third-order valence-corrected chi connectivity index (χ3v) is 6.88. The molecule has 3 fully saturated rings. The highest BCUT2D eigenvalue weighted by molar-refractivity contribution is 6.71. The predicted octanol–water partition coefficient (Wildman–Crippen LogP) is 3.25. The van der Waals surface area contributed by atoms with E-state index in [1.165, 1.54) is 0 Å². The van der Waals surface area contributed by atoms with E-state index in [-0.39, 0.29) is 41.6 Å². The second-order valence-corrected chi connectivity index (χ2v) is 8.73. The fourth-order valence-corrected chi connectivity index (χ4v) is 5.49. The van der Waals surface area contributed by atoms with Gasteiger partial charge in [-0.3, -0.25) is 9.59 Å². The smallest absolute Gasteiger partial charge is 0.596 e. The van der Waals surface area contributed by atoms with Crippen LogP contribution in [-0.4, -0.2) is 48.3 Å². The monoisotopic (exact) mass is 419 g/mol. The van der Waals surface area contributed by atoms with Crippen LogP contribution >= 0.6 is 0 Å². The number of fused-ring (bicyclic) bond motifs is 1. The van der Waals surface area contributed by atoms with E-state index in [0.717, 1.165) is 30.4 Å². The fraction of sp³-hybridized carbons (Fsp3) is 0.333. The summed E-state index contributed by atoms with van der Waals surface area (Å²) in [7, 11) is 0. The third kappa shape index (κ3) is 3.58. The third-order valence-electron chi connectivity index (χ3n) is 6.88. The topological polar surface area (TPSA) is 61.8 Å². The quantitative estimate of drug-likeness (QED) is 0.673. The number of quaternary nitrogens is 1. The van der Waals surface area contributed by atoms with Crippen molar-refractivity contribution in [3.8, 4) is 0 Å². The number of carbonyl (C=O) groups excluding carboxylic acids is 2. The van der Waals surface area contributed by atoms with Crippen molar-refractivity contribution in [2.75, 3.05) is 13.1 Å². The van der Waals surface area contributed by atoms with Gasteiger partial charge in [-0.2, -0.15) is 0 Å².